The minimum atomic E-state index is -0.562. The van der Waals surface area contributed by atoms with E-state index in [1.165, 1.54) is 12.1 Å². The normalized spacial score (nSPS) is 16.3. The number of hydrazine groups is 1. The fourth-order valence-corrected chi connectivity index (χ4v) is 2.92. The topological polar surface area (TPSA) is 78.5 Å². The van der Waals surface area contributed by atoms with Crippen LogP contribution in [0.2, 0.25) is 0 Å². The zero-order valence-corrected chi connectivity index (χ0v) is 15.1. The Morgan fingerprint density at radius 3 is 2.41 bits per heavy atom. The van der Waals surface area contributed by atoms with Crippen LogP contribution in [-0.4, -0.2) is 24.3 Å². The molecule has 1 atom stereocenters. The molecule has 140 valence electrons. The lowest BCUT2D eigenvalue weighted by atomic mass is 10.1. The van der Waals surface area contributed by atoms with Gasteiger partial charge in [0.25, 0.3) is 5.91 Å². The molecule has 0 spiro atoms. The maximum Gasteiger partial charge on any atom is 0.269 e. The van der Waals surface area contributed by atoms with Crippen molar-refractivity contribution < 1.29 is 18.8 Å². The van der Waals surface area contributed by atoms with E-state index < -0.39 is 23.5 Å². The third-order valence-electron chi connectivity index (χ3n) is 4.70. The number of rotatable bonds is 3. The first-order valence-corrected chi connectivity index (χ1v) is 8.58. The molecule has 6 nitrogen and oxygen atoms in total. The third kappa shape index (κ3) is 4.13. The summed E-state index contributed by atoms with van der Waals surface area (Å²) in [7, 11) is 0. The fraction of sp³-hybridized carbons (Fsp3) is 0.250. The van der Waals surface area contributed by atoms with Crippen LogP contribution in [0.4, 0.5) is 10.1 Å². The molecule has 2 N–H and O–H groups in total. The zero-order valence-electron chi connectivity index (χ0n) is 15.1. The van der Waals surface area contributed by atoms with E-state index in [4.69, 9.17) is 0 Å². The van der Waals surface area contributed by atoms with Gasteiger partial charge in [-0.3, -0.25) is 25.2 Å². The lowest BCUT2D eigenvalue weighted by Gasteiger charge is -2.18. The van der Waals surface area contributed by atoms with Gasteiger partial charge in [-0.05, 0) is 61.4 Å². The van der Waals surface area contributed by atoms with E-state index in [2.05, 4.69) is 10.9 Å². The summed E-state index contributed by atoms with van der Waals surface area (Å²) in [6.07, 6.45) is 0.0746. The average Bonchev–Trinajstić information content (AvgIpc) is 3.04. The molecule has 7 heteroatoms. The van der Waals surface area contributed by atoms with Gasteiger partial charge in [-0.2, -0.15) is 0 Å². The Balaban J connectivity index is 1.59. The first-order chi connectivity index (χ1) is 12.8. The lowest BCUT2D eigenvalue weighted by molar-refractivity contribution is -0.126. The molecule has 0 aromatic heterocycles. The maximum atomic E-state index is 12.9. The number of aryl methyl sites for hydroxylation is 2. The van der Waals surface area contributed by atoms with E-state index >= 15 is 0 Å². The monoisotopic (exact) mass is 369 g/mol. The van der Waals surface area contributed by atoms with Gasteiger partial charge in [-0.15, -0.1) is 0 Å². The molecule has 3 amide bonds. The second-order valence-corrected chi connectivity index (χ2v) is 6.62. The molecule has 1 saturated heterocycles. The van der Waals surface area contributed by atoms with Crippen molar-refractivity contribution in [2.45, 2.75) is 20.3 Å². The number of carbonyl (C=O) groups is 3. The Hall–Kier alpha value is -3.22. The van der Waals surface area contributed by atoms with Gasteiger partial charge in [0.1, 0.15) is 5.82 Å². The van der Waals surface area contributed by atoms with E-state index in [-0.39, 0.29) is 24.4 Å². The largest absolute Gasteiger partial charge is 0.312 e. The van der Waals surface area contributed by atoms with Crippen LogP contribution in [0.3, 0.4) is 0 Å². The summed E-state index contributed by atoms with van der Waals surface area (Å²) in [6, 6.07) is 10.7. The highest BCUT2D eigenvalue weighted by Crippen LogP contribution is 2.26. The van der Waals surface area contributed by atoms with Crippen molar-refractivity contribution in [2.75, 3.05) is 11.4 Å². The van der Waals surface area contributed by atoms with Crippen LogP contribution >= 0.6 is 0 Å². The Morgan fingerprint density at radius 2 is 1.74 bits per heavy atom. The average molecular weight is 369 g/mol. The number of anilines is 1. The number of nitrogens with one attached hydrogen (secondary N) is 2. The molecule has 3 rings (SSSR count). The van der Waals surface area contributed by atoms with Crippen LogP contribution < -0.4 is 15.8 Å². The maximum absolute atomic E-state index is 12.9. The number of carbonyl (C=O) groups excluding carboxylic acids is 3. The first-order valence-electron chi connectivity index (χ1n) is 8.58. The molecule has 2 aromatic rings. The van der Waals surface area contributed by atoms with Gasteiger partial charge in [0.15, 0.2) is 0 Å². The van der Waals surface area contributed by atoms with Crippen LogP contribution in [0, 0.1) is 25.6 Å². The van der Waals surface area contributed by atoms with Gasteiger partial charge < -0.3 is 4.90 Å². The highest BCUT2D eigenvalue weighted by atomic mass is 19.1. The highest BCUT2D eigenvalue weighted by molar-refractivity contribution is 6.01. The van der Waals surface area contributed by atoms with E-state index in [0.717, 1.165) is 28.9 Å². The summed E-state index contributed by atoms with van der Waals surface area (Å²) < 4.78 is 12.9. The molecule has 0 radical (unpaired) electrons. The molecule has 1 aliphatic heterocycles. The number of amides is 3. The van der Waals surface area contributed by atoms with E-state index in [0.29, 0.717) is 0 Å². The summed E-state index contributed by atoms with van der Waals surface area (Å²) in [6.45, 7) is 4.21. The van der Waals surface area contributed by atoms with Gasteiger partial charge in [0.2, 0.25) is 11.8 Å². The molecular formula is C20H20FN3O3. The van der Waals surface area contributed by atoms with Crippen molar-refractivity contribution in [3.8, 4) is 0 Å². The first kappa shape index (κ1) is 18.6. The predicted molar refractivity (Wildman–Crippen MR) is 98.4 cm³/mol. The minimum Gasteiger partial charge on any atom is -0.312 e. The zero-order chi connectivity index (χ0) is 19.6. The Labute approximate surface area is 156 Å². The van der Waals surface area contributed by atoms with Crippen LogP contribution in [-0.2, 0) is 9.59 Å². The molecule has 1 heterocycles. The van der Waals surface area contributed by atoms with Crippen molar-refractivity contribution in [3.05, 3.63) is 65.0 Å². The molecule has 0 bridgehead atoms. The fourth-order valence-electron chi connectivity index (χ4n) is 2.92. The molecule has 27 heavy (non-hydrogen) atoms. The lowest BCUT2D eigenvalue weighted by Crippen LogP contribution is -2.45. The quantitative estimate of drug-likeness (QED) is 0.815. The second kappa shape index (κ2) is 7.57. The number of halogens is 1. The summed E-state index contributed by atoms with van der Waals surface area (Å²) >= 11 is 0. The summed E-state index contributed by atoms with van der Waals surface area (Å²) in [4.78, 5) is 38.2. The standard InChI is InChI=1S/C20H20FN3O3/c1-12-3-8-17(9-13(12)2)24-11-15(10-18(24)25)20(27)23-22-19(26)14-4-6-16(21)7-5-14/h3-9,15H,10-11H2,1-2H3,(H,22,26)(H,23,27)/t15-/m1/s1. The van der Waals surface area contributed by atoms with Gasteiger partial charge in [-0.25, -0.2) is 4.39 Å². The van der Waals surface area contributed by atoms with Crippen LogP contribution in [0.5, 0.6) is 0 Å². The van der Waals surface area contributed by atoms with Crippen LogP contribution in [0.15, 0.2) is 42.5 Å². The molecule has 0 unspecified atom stereocenters. The van der Waals surface area contributed by atoms with Crippen molar-refractivity contribution in [1.29, 1.82) is 0 Å². The third-order valence-corrected chi connectivity index (χ3v) is 4.70. The van der Waals surface area contributed by atoms with Crippen molar-refractivity contribution in [2.24, 2.45) is 5.92 Å². The van der Waals surface area contributed by atoms with Crippen LogP contribution in [0.25, 0.3) is 0 Å². The van der Waals surface area contributed by atoms with Crippen molar-refractivity contribution in [1.82, 2.24) is 10.9 Å². The molecule has 1 fully saturated rings. The predicted octanol–water partition coefficient (Wildman–Crippen LogP) is 2.26. The number of nitrogens with zero attached hydrogens (tertiary/aromatic N) is 1. The SMILES string of the molecule is Cc1ccc(N2C[C@H](C(=O)NNC(=O)c3ccc(F)cc3)CC2=O)cc1C. The number of hydrogen-bond acceptors (Lipinski definition) is 3. The Morgan fingerprint density at radius 1 is 1.04 bits per heavy atom. The number of hydrogen-bond donors (Lipinski definition) is 2. The van der Waals surface area contributed by atoms with Gasteiger partial charge >= 0.3 is 0 Å². The smallest absolute Gasteiger partial charge is 0.269 e. The molecular weight excluding hydrogens is 349 g/mol. The highest BCUT2D eigenvalue weighted by Gasteiger charge is 2.35. The molecule has 2 aromatic carbocycles. The van der Waals surface area contributed by atoms with Crippen LogP contribution in [0.1, 0.15) is 27.9 Å². The second-order valence-electron chi connectivity index (χ2n) is 6.62. The van der Waals surface area contributed by atoms with E-state index in [1.807, 2.05) is 32.0 Å². The van der Waals surface area contributed by atoms with Gasteiger partial charge in [0, 0.05) is 24.2 Å². The Bertz CT molecular complexity index is 896. The molecule has 0 saturated carbocycles. The summed E-state index contributed by atoms with van der Waals surface area (Å²) in [5.74, 6) is -2.15. The van der Waals surface area contributed by atoms with E-state index in [1.54, 1.807) is 4.90 Å². The van der Waals surface area contributed by atoms with E-state index in [9.17, 15) is 18.8 Å². The van der Waals surface area contributed by atoms with Crippen molar-refractivity contribution in [3.63, 3.8) is 0 Å². The van der Waals surface area contributed by atoms with Gasteiger partial charge in [-0.1, -0.05) is 6.07 Å². The minimum absolute atomic E-state index is 0.0746. The molecule has 0 aliphatic carbocycles. The van der Waals surface area contributed by atoms with Crippen molar-refractivity contribution >= 4 is 23.4 Å². The summed E-state index contributed by atoms with van der Waals surface area (Å²) in [5, 5.41) is 0. The summed E-state index contributed by atoms with van der Waals surface area (Å²) in [5.41, 5.74) is 7.80. The molecule has 1 aliphatic rings. The van der Waals surface area contributed by atoms with Gasteiger partial charge in [0.05, 0.1) is 5.92 Å². The number of benzene rings is 2. The Kier molecular flexibility index (Phi) is 5.21.